The first-order valence-electron chi connectivity index (χ1n) is 7.69. The maximum absolute atomic E-state index is 12.7. The minimum atomic E-state index is -0.142. The fraction of sp³-hybridized carbons (Fsp3) is 0.222. The van der Waals surface area contributed by atoms with Crippen LogP contribution in [0.2, 0.25) is 0 Å². The van der Waals surface area contributed by atoms with Crippen LogP contribution in [-0.2, 0) is 12.8 Å². The minimum Gasteiger partial charge on any atom is -0.321 e. The summed E-state index contributed by atoms with van der Waals surface area (Å²) >= 11 is 3.45. The second kappa shape index (κ2) is 6.54. The lowest BCUT2D eigenvalue weighted by Gasteiger charge is -2.07. The Morgan fingerprint density at radius 1 is 1.13 bits per heavy atom. The Kier molecular flexibility index (Phi) is 4.48. The van der Waals surface area contributed by atoms with E-state index in [1.54, 1.807) is 0 Å². The summed E-state index contributed by atoms with van der Waals surface area (Å²) in [6.07, 6.45) is 3.56. The maximum Gasteiger partial charge on any atom is 0.274 e. The number of carbonyl (C=O) groups excluding carboxylic acids is 1. The lowest BCUT2D eigenvalue weighted by molar-refractivity contribution is 0.102. The van der Waals surface area contributed by atoms with Gasteiger partial charge in [-0.2, -0.15) is 0 Å². The van der Waals surface area contributed by atoms with Crippen molar-refractivity contribution in [1.82, 2.24) is 9.38 Å². The molecule has 0 bridgehead atoms. The molecule has 0 fully saturated rings. The van der Waals surface area contributed by atoms with Crippen molar-refractivity contribution < 1.29 is 4.79 Å². The molecule has 3 rings (SSSR count). The van der Waals surface area contributed by atoms with E-state index < -0.39 is 0 Å². The summed E-state index contributed by atoms with van der Waals surface area (Å²) in [5.74, 6) is -0.142. The van der Waals surface area contributed by atoms with Crippen LogP contribution < -0.4 is 5.32 Å². The molecule has 1 N–H and O–H groups in total. The van der Waals surface area contributed by atoms with Gasteiger partial charge in [0, 0.05) is 16.4 Å². The molecule has 5 heteroatoms. The number of pyridine rings is 1. The Morgan fingerprint density at radius 2 is 1.87 bits per heavy atom. The van der Waals surface area contributed by atoms with E-state index in [2.05, 4.69) is 33.2 Å². The average Bonchev–Trinajstić information content (AvgIpc) is 2.93. The van der Waals surface area contributed by atoms with Gasteiger partial charge >= 0.3 is 0 Å². The van der Waals surface area contributed by atoms with Crippen LogP contribution in [0.25, 0.3) is 5.65 Å². The number of carbonyl (C=O) groups is 1. The van der Waals surface area contributed by atoms with Crippen molar-refractivity contribution in [3.05, 3.63) is 64.0 Å². The predicted octanol–water partition coefficient (Wildman–Crippen LogP) is 4.47. The highest BCUT2D eigenvalue weighted by Gasteiger charge is 2.18. The smallest absolute Gasteiger partial charge is 0.274 e. The van der Waals surface area contributed by atoms with Crippen LogP contribution >= 0.6 is 15.9 Å². The van der Waals surface area contributed by atoms with Gasteiger partial charge in [0.1, 0.15) is 11.3 Å². The molecule has 2 aromatic heterocycles. The number of imidazole rings is 1. The molecule has 4 nitrogen and oxygen atoms in total. The highest BCUT2D eigenvalue weighted by atomic mass is 79.9. The number of benzene rings is 1. The van der Waals surface area contributed by atoms with Crippen molar-refractivity contribution in [2.24, 2.45) is 0 Å². The molecule has 118 valence electrons. The minimum absolute atomic E-state index is 0.142. The third-order valence-electron chi connectivity index (χ3n) is 3.82. The standard InChI is InChI=1S/C18H18BrN3O/c1-3-12-5-8-14(9-6-12)20-18(23)17-15(4-2)21-16-10-7-13(19)11-22(16)17/h5-11H,3-4H2,1-2H3,(H,20,23). The molecule has 0 saturated heterocycles. The molecule has 1 aromatic carbocycles. The number of amides is 1. The van der Waals surface area contributed by atoms with E-state index in [9.17, 15) is 4.79 Å². The van der Waals surface area contributed by atoms with Crippen LogP contribution in [0.5, 0.6) is 0 Å². The monoisotopic (exact) mass is 371 g/mol. The fourth-order valence-corrected chi connectivity index (χ4v) is 2.91. The Bertz CT molecular complexity index is 853. The number of aromatic nitrogens is 2. The van der Waals surface area contributed by atoms with Gasteiger partial charge in [-0.1, -0.05) is 26.0 Å². The molecule has 0 aliphatic rings. The largest absolute Gasteiger partial charge is 0.321 e. The summed E-state index contributed by atoms with van der Waals surface area (Å²) in [4.78, 5) is 17.3. The van der Waals surface area contributed by atoms with Gasteiger partial charge in [-0.3, -0.25) is 9.20 Å². The molecule has 0 radical (unpaired) electrons. The molecular formula is C18H18BrN3O. The normalized spacial score (nSPS) is 10.9. The molecule has 0 saturated carbocycles. The number of nitrogens with zero attached hydrogens (tertiary/aromatic N) is 2. The zero-order chi connectivity index (χ0) is 16.4. The highest BCUT2D eigenvalue weighted by molar-refractivity contribution is 9.10. The van der Waals surface area contributed by atoms with Crippen molar-refractivity contribution in [1.29, 1.82) is 0 Å². The molecule has 0 atom stereocenters. The van der Waals surface area contributed by atoms with Crippen molar-refractivity contribution in [3.63, 3.8) is 0 Å². The Morgan fingerprint density at radius 3 is 2.52 bits per heavy atom. The molecular weight excluding hydrogens is 354 g/mol. The second-order valence-electron chi connectivity index (χ2n) is 5.34. The van der Waals surface area contributed by atoms with E-state index in [1.165, 1.54) is 5.56 Å². The van der Waals surface area contributed by atoms with Crippen molar-refractivity contribution >= 4 is 33.2 Å². The van der Waals surface area contributed by atoms with E-state index in [4.69, 9.17) is 0 Å². The van der Waals surface area contributed by atoms with Gasteiger partial charge < -0.3 is 5.32 Å². The summed E-state index contributed by atoms with van der Waals surface area (Å²) in [6, 6.07) is 11.7. The van der Waals surface area contributed by atoms with Gasteiger partial charge in [0.2, 0.25) is 0 Å². The van der Waals surface area contributed by atoms with Crippen LogP contribution in [0.1, 0.15) is 35.6 Å². The summed E-state index contributed by atoms with van der Waals surface area (Å²) in [7, 11) is 0. The van der Waals surface area contributed by atoms with Crippen LogP contribution in [-0.4, -0.2) is 15.3 Å². The van der Waals surface area contributed by atoms with Gasteiger partial charge in [-0.15, -0.1) is 0 Å². The van der Waals surface area contributed by atoms with E-state index in [1.807, 2.05) is 53.9 Å². The zero-order valence-electron chi connectivity index (χ0n) is 13.1. The van der Waals surface area contributed by atoms with Gasteiger partial charge in [0.05, 0.1) is 5.69 Å². The first-order valence-corrected chi connectivity index (χ1v) is 8.48. The number of hydrogen-bond acceptors (Lipinski definition) is 2. The van der Waals surface area contributed by atoms with Crippen molar-refractivity contribution in [2.45, 2.75) is 26.7 Å². The first-order chi connectivity index (χ1) is 11.1. The fourth-order valence-electron chi connectivity index (χ4n) is 2.57. The SMILES string of the molecule is CCc1ccc(NC(=O)c2c(CC)nc3ccc(Br)cn23)cc1. The van der Waals surface area contributed by atoms with Gasteiger partial charge in [0.15, 0.2) is 0 Å². The summed E-state index contributed by atoms with van der Waals surface area (Å²) in [5.41, 5.74) is 4.20. The summed E-state index contributed by atoms with van der Waals surface area (Å²) in [5, 5.41) is 2.97. The third kappa shape index (κ3) is 3.15. The highest BCUT2D eigenvalue weighted by Crippen LogP contribution is 2.19. The van der Waals surface area contributed by atoms with Crippen molar-refractivity contribution in [2.75, 3.05) is 5.32 Å². The molecule has 0 unspecified atom stereocenters. The lowest BCUT2D eigenvalue weighted by atomic mass is 10.1. The van der Waals surface area contributed by atoms with Crippen LogP contribution in [0.3, 0.4) is 0 Å². The van der Waals surface area contributed by atoms with E-state index >= 15 is 0 Å². The maximum atomic E-state index is 12.7. The zero-order valence-corrected chi connectivity index (χ0v) is 14.7. The molecule has 0 aliphatic carbocycles. The van der Waals surface area contributed by atoms with Crippen LogP contribution in [0.15, 0.2) is 47.1 Å². The number of fused-ring (bicyclic) bond motifs is 1. The first kappa shape index (κ1) is 15.7. The summed E-state index contributed by atoms with van der Waals surface area (Å²) < 4.78 is 2.74. The topological polar surface area (TPSA) is 46.4 Å². The quantitative estimate of drug-likeness (QED) is 0.734. The average molecular weight is 372 g/mol. The number of rotatable bonds is 4. The van der Waals surface area contributed by atoms with Gasteiger partial charge in [0.25, 0.3) is 5.91 Å². The summed E-state index contributed by atoms with van der Waals surface area (Å²) in [6.45, 7) is 4.11. The molecule has 0 aliphatic heterocycles. The lowest BCUT2D eigenvalue weighted by Crippen LogP contribution is -2.16. The molecule has 1 amide bonds. The Balaban J connectivity index is 1.97. The Hall–Kier alpha value is -2.14. The number of aryl methyl sites for hydroxylation is 2. The molecule has 0 spiro atoms. The molecule has 2 heterocycles. The van der Waals surface area contributed by atoms with Gasteiger partial charge in [-0.05, 0) is 58.6 Å². The van der Waals surface area contributed by atoms with Crippen LogP contribution in [0, 0.1) is 0 Å². The number of nitrogens with one attached hydrogen (secondary N) is 1. The number of hydrogen-bond donors (Lipinski definition) is 1. The molecule has 3 aromatic rings. The van der Waals surface area contributed by atoms with Gasteiger partial charge in [-0.25, -0.2) is 4.98 Å². The van der Waals surface area contributed by atoms with Crippen molar-refractivity contribution in [3.8, 4) is 0 Å². The van der Waals surface area contributed by atoms with Crippen LogP contribution in [0.4, 0.5) is 5.69 Å². The Labute approximate surface area is 143 Å². The molecule has 23 heavy (non-hydrogen) atoms. The van der Waals surface area contributed by atoms with E-state index in [0.29, 0.717) is 12.1 Å². The second-order valence-corrected chi connectivity index (χ2v) is 6.26. The number of anilines is 1. The van der Waals surface area contributed by atoms with E-state index in [0.717, 1.165) is 27.9 Å². The van der Waals surface area contributed by atoms with E-state index in [-0.39, 0.29) is 5.91 Å². The predicted molar refractivity (Wildman–Crippen MR) is 96.0 cm³/mol. The number of halogens is 1. The third-order valence-corrected chi connectivity index (χ3v) is 4.29.